The molecule has 0 aromatic heterocycles. The van der Waals surface area contributed by atoms with Crippen LogP contribution < -0.4 is 16.8 Å². The van der Waals surface area contributed by atoms with Crippen molar-refractivity contribution in [2.24, 2.45) is 22.4 Å². The summed E-state index contributed by atoms with van der Waals surface area (Å²) in [6, 6.07) is 0. The topological polar surface area (TPSA) is 129 Å². The number of nitrogens with two attached hydrogens (primary N) is 2. The normalized spacial score (nSPS) is 23.1. The number of nitrogens with one attached hydrogen (secondary N) is 1. The molecule has 3 atom stereocenters. The summed E-state index contributed by atoms with van der Waals surface area (Å²) in [5.74, 6) is -0.530. The van der Waals surface area contributed by atoms with Crippen molar-refractivity contribution < 1.29 is 19.1 Å². The summed E-state index contributed by atoms with van der Waals surface area (Å²) in [7, 11) is 0. The van der Waals surface area contributed by atoms with Gasteiger partial charge in [-0.3, -0.25) is 9.79 Å². The van der Waals surface area contributed by atoms with Crippen LogP contribution in [-0.2, 0) is 19.1 Å². The predicted molar refractivity (Wildman–Crippen MR) is 83.7 cm³/mol. The van der Waals surface area contributed by atoms with Gasteiger partial charge in [-0.25, -0.2) is 4.79 Å². The molecular weight excluding hydrogens is 300 g/mol. The first kappa shape index (κ1) is 16.6. The third-order valence-electron chi connectivity index (χ3n) is 3.44. The van der Waals surface area contributed by atoms with Gasteiger partial charge in [0, 0.05) is 24.7 Å². The maximum absolute atomic E-state index is 11.7. The molecule has 0 bridgehead atoms. The minimum atomic E-state index is -0.571. The van der Waals surface area contributed by atoms with E-state index < -0.39 is 12.2 Å². The van der Waals surface area contributed by atoms with Crippen molar-refractivity contribution in [3.05, 3.63) is 36.1 Å². The highest BCUT2D eigenvalue weighted by molar-refractivity contribution is 5.84. The molecule has 1 aliphatic heterocycles. The second-order valence-electron chi connectivity index (χ2n) is 5.11. The van der Waals surface area contributed by atoms with E-state index in [0.717, 1.165) is 0 Å². The van der Waals surface area contributed by atoms with Crippen LogP contribution in [0.3, 0.4) is 0 Å². The van der Waals surface area contributed by atoms with Crippen molar-refractivity contribution in [1.29, 1.82) is 0 Å². The minimum Gasteiger partial charge on any atom is -0.454 e. The Morgan fingerprint density at radius 1 is 1.43 bits per heavy atom. The van der Waals surface area contributed by atoms with Crippen LogP contribution in [0.1, 0.15) is 12.8 Å². The summed E-state index contributed by atoms with van der Waals surface area (Å²) in [4.78, 5) is 26.2. The molecular formula is C15H20N4O4. The van der Waals surface area contributed by atoms with Crippen LogP contribution in [0.2, 0.25) is 0 Å². The Hall–Kier alpha value is -2.77. The summed E-state index contributed by atoms with van der Waals surface area (Å²) in [5, 5.41) is 3.09. The van der Waals surface area contributed by atoms with Crippen molar-refractivity contribution in [2.45, 2.75) is 25.2 Å². The van der Waals surface area contributed by atoms with Gasteiger partial charge >= 0.3 is 5.97 Å². The number of allylic oxidation sites excluding steroid dienone is 2. The number of hydrogen-bond donors (Lipinski definition) is 3. The molecule has 2 aliphatic rings. The summed E-state index contributed by atoms with van der Waals surface area (Å²) in [6.07, 6.45) is 9.01. The van der Waals surface area contributed by atoms with Crippen molar-refractivity contribution in [3.8, 4) is 0 Å². The van der Waals surface area contributed by atoms with Crippen molar-refractivity contribution in [1.82, 2.24) is 5.32 Å². The van der Waals surface area contributed by atoms with Gasteiger partial charge in [-0.1, -0.05) is 18.2 Å². The molecule has 0 fully saturated rings. The lowest BCUT2D eigenvalue weighted by Gasteiger charge is -2.32. The molecule has 0 radical (unpaired) electrons. The molecule has 8 nitrogen and oxygen atoms in total. The lowest BCUT2D eigenvalue weighted by atomic mass is 9.92. The van der Waals surface area contributed by atoms with Crippen LogP contribution in [0.5, 0.6) is 0 Å². The second-order valence-corrected chi connectivity index (χ2v) is 5.11. The second kappa shape index (κ2) is 8.02. The molecule has 1 aliphatic carbocycles. The van der Waals surface area contributed by atoms with Gasteiger partial charge in [-0.2, -0.15) is 0 Å². The highest BCUT2D eigenvalue weighted by Gasteiger charge is 2.31. The Morgan fingerprint density at radius 2 is 2.22 bits per heavy atom. The van der Waals surface area contributed by atoms with Gasteiger partial charge in [0.15, 0.2) is 12.2 Å². The Morgan fingerprint density at radius 3 is 2.96 bits per heavy atom. The van der Waals surface area contributed by atoms with Gasteiger partial charge in [0.2, 0.25) is 0 Å². The molecule has 8 heteroatoms. The fraction of sp³-hybridized carbons (Fsp3) is 0.400. The zero-order valence-electron chi connectivity index (χ0n) is 12.6. The first-order valence-electron chi connectivity index (χ1n) is 7.28. The molecule has 0 spiro atoms. The standard InChI is InChI=1S/C15H20N4O4/c16-15(17)18-7-3-6-13(22-9-20)19-11-8-14(21)23-12-5-2-1-4-10(11)12/h1-2,4-5,8-10,12-13,19H,3,6-7H2,(H4,16,17,18)/t10?,12?,13-/m1/s1. The van der Waals surface area contributed by atoms with E-state index in [0.29, 0.717) is 31.6 Å². The third kappa shape index (κ3) is 4.87. The number of fused-ring (bicyclic) bond motifs is 1. The minimum absolute atomic E-state index is 0.0190. The van der Waals surface area contributed by atoms with Crippen LogP contribution in [-0.4, -0.2) is 37.3 Å². The number of ether oxygens (including phenoxy) is 2. The monoisotopic (exact) mass is 320 g/mol. The smallest absolute Gasteiger partial charge is 0.333 e. The van der Waals surface area contributed by atoms with E-state index in [1.165, 1.54) is 6.08 Å². The maximum Gasteiger partial charge on any atom is 0.333 e. The van der Waals surface area contributed by atoms with Crippen LogP contribution >= 0.6 is 0 Å². The van der Waals surface area contributed by atoms with Gasteiger partial charge in [-0.15, -0.1) is 0 Å². The predicted octanol–water partition coefficient (Wildman–Crippen LogP) is -0.320. The van der Waals surface area contributed by atoms with Crippen molar-refractivity contribution in [2.75, 3.05) is 6.54 Å². The first-order valence-corrected chi connectivity index (χ1v) is 7.28. The van der Waals surface area contributed by atoms with Gasteiger partial charge in [-0.05, 0) is 12.5 Å². The molecule has 0 amide bonds. The van der Waals surface area contributed by atoms with Gasteiger partial charge in [0.05, 0.1) is 5.92 Å². The average Bonchev–Trinajstić information content (AvgIpc) is 2.51. The number of aliphatic imine (C=N–C) groups is 1. The molecule has 124 valence electrons. The highest BCUT2D eigenvalue weighted by Crippen LogP contribution is 2.27. The van der Waals surface area contributed by atoms with E-state index in [-0.39, 0.29) is 18.0 Å². The molecule has 23 heavy (non-hydrogen) atoms. The van der Waals surface area contributed by atoms with E-state index in [9.17, 15) is 9.59 Å². The molecule has 5 N–H and O–H groups in total. The van der Waals surface area contributed by atoms with E-state index in [1.54, 1.807) is 0 Å². The number of nitrogens with zero attached hydrogens (tertiary/aromatic N) is 1. The van der Waals surface area contributed by atoms with E-state index in [2.05, 4.69) is 10.3 Å². The van der Waals surface area contributed by atoms with Gasteiger partial charge in [0.25, 0.3) is 6.47 Å². The number of carbonyl (C=O) groups excluding carboxylic acids is 2. The molecule has 0 aromatic rings. The molecule has 0 saturated heterocycles. The SMILES string of the molecule is NC(N)=NCCC[C@H](NC1=CC(=O)OC2C=CC=CC12)OC=O. The number of esters is 1. The lowest BCUT2D eigenvalue weighted by Crippen LogP contribution is -2.41. The van der Waals surface area contributed by atoms with Crippen LogP contribution in [0.15, 0.2) is 41.1 Å². The summed E-state index contributed by atoms with van der Waals surface area (Å²) >= 11 is 0. The largest absolute Gasteiger partial charge is 0.454 e. The summed E-state index contributed by atoms with van der Waals surface area (Å²) in [5.41, 5.74) is 11.2. The van der Waals surface area contributed by atoms with Crippen LogP contribution in [0, 0.1) is 5.92 Å². The van der Waals surface area contributed by atoms with Crippen molar-refractivity contribution in [3.63, 3.8) is 0 Å². The molecule has 2 unspecified atom stereocenters. The van der Waals surface area contributed by atoms with Crippen LogP contribution in [0.4, 0.5) is 0 Å². The highest BCUT2D eigenvalue weighted by atomic mass is 16.5. The average molecular weight is 320 g/mol. The molecule has 2 rings (SSSR count). The number of hydrogen-bond acceptors (Lipinski definition) is 6. The Bertz CT molecular complexity index is 564. The summed E-state index contributed by atoms with van der Waals surface area (Å²) < 4.78 is 10.3. The first-order chi connectivity index (χ1) is 11.1. The number of guanidine groups is 1. The fourth-order valence-corrected chi connectivity index (χ4v) is 2.42. The quantitative estimate of drug-likeness (QED) is 0.140. The van der Waals surface area contributed by atoms with Gasteiger partial charge < -0.3 is 26.3 Å². The zero-order chi connectivity index (χ0) is 16.7. The molecule has 0 saturated carbocycles. The van der Waals surface area contributed by atoms with E-state index in [4.69, 9.17) is 20.9 Å². The zero-order valence-corrected chi connectivity index (χ0v) is 12.6. The van der Waals surface area contributed by atoms with E-state index in [1.807, 2.05) is 24.3 Å². The number of carbonyl (C=O) groups is 2. The maximum atomic E-state index is 11.7. The van der Waals surface area contributed by atoms with Crippen LogP contribution in [0.25, 0.3) is 0 Å². The van der Waals surface area contributed by atoms with Crippen molar-refractivity contribution >= 4 is 18.4 Å². The Kier molecular flexibility index (Phi) is 5.79. The fourth-order valence-electron chi connectivity index (χ4n) is 2.42. The number of rotatable bonds is 8. The van der Waals surface area contributed by atoms with E-state index >= 15 is 0 Å². The van der Waals surface area contributed by atoms with Gasteiger partial charge in [0.1, 0.15) is 6.10 Å². The Labute approximate surface area is 133 Å². The summed E-state index contributed by atoms with van der Waals surface area (Å²) in [6.45, 7) is 0.798. The molecule has 0 aromatic carbocycles. The third-order valence-corrected chi connectivity index (χ3v) is 3.44. The Balaban J connectivity index is 1.98. The molecule has 1 heterocycles. The lowest BCUT2D eigenvalue weighted by molar-refractivity contribution is -0.143.